The van der Waals surface area contributed by atoms with Crippen molar-refractivity contribution in [3.05, 3.63) is 29.3 Å². The van der Waals surface area contributed by atoms with Crippen molar-refractivity contribution in [2.24, 2.45) is 0 Å². The summed E-state index contributed by atoms with van der Waals surface area (Å²) in [5.41, 5.74) is 3.07. The number of aliphatic hydroxyl groups is 1. The quantitative estimate of drug-likeness (QED) is 0.711. The molecule has 1 aliphatic rings. The molecular formula is C11H14N2O2. The second kappa shape index (κ2) is 4.00. The highest BCUT2D eigenvalue weighted by molar-refractivity contribution is 5.99. The maximum Gasteiger partial charge on any atom is 0.228 e. The lowest BCUT2D eigenvalue weighted by molar-refractivity contribution is -0.115. The number of aliphatic hydroxyl groups excluding tert-OH is 1. The van der Waals surface area contributed by atoms with Gasteiger partial charge in [-0.15, -0.1) is 0 Å². The number of amides is 1. The second-order valence-corrected chi connectivity index (χ2v) is 3.87. The zero-order valence-corrected chi connectivity index (χ0v) is 8.66. The van der Waals surface area contributed by atoms with Gasteiger partial charge < -0.3 is 10.4 Å². The third-order valence-electron chi connectivity index (χ3n) is 2.49. The molecule has 0 unspecified atom stereocenters. The Balaban J connectivity index is 2.16. The predicted molar refractivity (Wildman–Crippen MR) is 57.3 cm³/mol. The molecule has 2 rings (SSSR count). The smallest absolute Gasteiger partial charge is 0.228 e. The molecule has 0 bridgehead atoms. The maximum absolute atomic E-state index is 11.1. The largest absolute Gasteiger partial charge is 0.381 e. The predicted octanol–water partition coefficient (Wildman–Crippen LogP) is 0.563. The highest BCUT2D eigenvalue weighted by Crippen LogP contribution is 2.24. The number of carbonyl (C=O) groups is 1. The van der Waals surface area contributed by atoms with E-state index in [-0.39, 0.29) is 12.6 Å². The maximum atomic E-state index is 11.1. The van der Waals surface area contributed by atoms with Crippen LogP contribution in [0.15, 0.2) is 18.2 Å². The van der Waals surface area contributed by atoms with Gasteiger partial charge in [-0.1, -0.05) is 12.1 Å². The molecular weight excluding hydrogens is 192 g/mol. The van der Waals surface area contributed by atoms with Crippen LogP contribution in [0.4, 0.5) is 5.69 Å². The monoisotopic (exact) mass is 206 g/mol. The van der Waals surface area contributed by atoms with Crippen molar-refractivity contribution >= 4 is 11.6 Å². The van der Waals surface area contributed by atoms with Crippen LogP contribution in [0.5, 0.6) is 0 Å². The molecule has 1 heterocycles. The van der Waals surface area contributed by atoms with Gasteiger partial charge >= 0.3 is 0 Å². The summed E-state index contributed by atoms with van der Waals surface area (Å²) in [5, 5.41) is 11.7. The number of hydrogen-bond acceptors (Lipinski definition) is 3. The van der Waals surface area contributed by atoms with Crippen LogP contribution in [-0.2, 0) is 17.8 Å². The summed E-state index contributed by atoms with van der Waals surface area (Å²) in [5.74, 6) is 0.0534. The molecule has 0 aromatic heterocycles. The second-order valence-electron chi connectivity index (χ2n) is 3.87. The fourth-order valence-electron chi connectivity index (χ4n) is 1.74. The average molecular weight is 206 g/mol. The van der Waals surface area contributed by atoms with Gasteiger partial charge in [0.2, 0.25) is 5.91 Å². The zero-order chi connectivity index (χ0) is 10.8. The van der Waals surface area contributed by atoms with Gasteiger partial charge in [-0.05, 0) is 24.2 Å². The van der Waals surface area contributed by atoms with E-state index in [0.29, 0.717) is 13.0 Å². The van der Waals surface area contributed by atoms with E-state index in [2.05, 4.69) is 5.32 Å². The molecule has 1 aromatic rings. The first-order valence-corrected chi connectivity index (χ1v) is 4.90. The van der Waals surface area contributed by atoms with Crippen molar-refractivity contribution in [2.45, 2.75) is 13.0 Å². The van der Waals surface area contributed by atoms with E-state index in [4.69, 9.17) is 5.11 Å². The third-order valence-corrected chi connectivity index (χ3v) is 2.49. The average Bonchev–Trinajstić information content (AvgIpc) is 2.57. The summed E-state index contributed by atoms with van der Waals surface area (Å²) in [6.07, 6.45) is 0.464. The number of fused-ring (bicyclic) bond motifs is 1. The Morgan fingerprint density at radius 3 is 3.07 bits per heavy atom. The molecule has 15 heavy (non-hydrogen) atoms. The van der Waals surface area contributed by atoms with Crippen LogP contribution in [0.3, 0.4) is 0 Å². The molecule has 0 fully saturated rings. The number of anilines is 1. The summed E-state index contributed by atoms with van der Waals surface area (Å²) >= 11 is 0. The minimum Gasteiger partial charge on any atom is -0.381 e. The van der Waals surface area contributed by atoms with E-state index in [1.54, 1.807) is 4.90 Å². The Hall–Kier alpha value is -1.39. The van der Waals surface area contributed by atoms with Gasteiger partial charge in [-0.2, -0.15) is 0 Å². The van der Waals surface area contributed by atoms with Crippen LogP contribution in [0.1, 0.15) is 11.1 Å². The highest BCUT2D eigenvalue weighted by Gasteiger charge is 2.17. The van der Waals surface area contributed by atoms with Crippen LogP contribution in [0.2, 0.25) is 0 Å². The van der Waals surface area contributed by atoms with Crippen LogP contribution >= 0.6 is 0 Å². The van der Waals surface area contributed by atoms with Crippen LogP contribution in [-0.4, -0.2) is 29.7 Å². The molecule has 4 heteroatoms. The fourth-order valence-corrected chi connectivity index (χ4v) is 1.74. The Morgan fingerprint density at radius 2 is 2.33 bits per heavy atom. The lowest BCUT2D eigenvalue weighted by Crippen LogP contribution is -2.18. The molecule has 4 nitrogen and oxygen atoms in total. The summed E-state index contributed by atoms with van der Waals surface area (Å²) in [6, 6.07) is 5.90. The molecule has 0 saturated carbocycles. The molecule has 0 saturated heterocycles. The highest BCUT2D eigenvalue weighted by atomic mass is 16.3. The minimum atomic E-state index is 0.0360. The zero-order valence-electron chi connectivity index (χ0n) is 8.66. The Labute approximate surface area is 88.5 Å². The summed E-state index contributed by atoms with van der Waals surface area (Å²) in [7, 11) is 1.84. The number of carbonyl (C=O) groups excluding carboxylic acids is 1. The first-order valence-electron chi connectivity index (χ1n) is 4.90. The van der Waals surface area contributed by atoms with Gasteiger partial charge in [0.15, 0.2) is 0 Å². The van der Waals surface area contributed by atoms with Gasteiger partial charge in [-0.3, -0.25) is 9.69 Å². The van der Waals surface area contributed by atoms with Crippen molar-refractivity contribution in [1.82, 2.24) is 4.90 Å². The number of hydrogen-bond donors (Lipinski definition) is 2. The van der Waals surface area contributed by atoms with Gasteiger partial charge in [-0.25, -0.2) is 0 Å². The first kappa shape index (κ1) is 10.1. The first-order chi connectivity index (χ1) is 7.19. The van der Waals surface area contributed by atoms with E-state index in [1.165, 1.54) is 0 Å². The number of benzene rings is 1. The Morgan fingerprint density at radius 1 is 1.53 bits per heavy atom. The lowest BCUT2D eigenvalue weighted by Gasteiger charge is -2.13. The molecule has 0 atom stereocenters. The number of rotatable bonds is 3. The molecule has 0 spiro atoms. The molecule has 1 aliphatic heterocycles. The van der Waals surface area contributed by atoms with Gasteiger partial charge in [0, 0.05) is 12.2 Å². The standard InChI is InChI=1S/C11H14N2O2/c1-13(7-14)6-8-2-3-10-9(4-8)5-11(15)12-10/h2-4,14H,5-7H2,1H3,(H,12,15). The Bertz CT molecular complexity index is 390. The lowest BCUT2D eigenvalue weighted by atomic mass is 10.1. The Kier molecular flexibility index (Phi) is 2.70. The summed E-state index contributed by atoms with van der Waals surface area (Å²) in [4.78, 5) is 12.9. The van der Waals surface area contributed by atoms with Gasteiger partial charge in [0.05, 0.1) is 13.2 Å². The minimum absolute atomic E-state index is 0.0360. The van der Waals surface area contributed by atoms with E-state index >= 15 is 0 Å². The van der Waals surface area contributed by atoms with E-state index in [9.17, 15) is 4.79 Å². The van der Waals surface area contributed by atoms with Crippen molar-refractivity contribution < 1.29 is 9.90 Å². The van der Waals surface area contributed by atoms with Crippen molar-refractivity contribution in [2.75, 3.05) is 19.1 Å². The fraction of sp³-hybridized carbons (Fsp3) is 0.364. The molecule has 1 aromatic carbocycles. The van der Waals surface area contributed by atoms with Crippen LogP contribution in [0, 0.1) is 0 Å². The van der Waals surface area contributed by atoms with Crippen LogP contribution in [0.25, 0.3) is 0 Å². The van der Waals surface area contributed by atoms with Gasteiger partial charge in [0.25, 0.3) is 0 Å². The summed E-state index contributed by atoms with van der Waals surface area (Å²) in [6.45, 7) is 0.728. The van der Waals surface area contributed by atoms with Gasteiger partial charge in [0.1, 0.15) is 0 Å². The van der Waals surface area contributed by atoms with E-state index < -0.39 is 0 Å². The number of nitrogens with zero attached hydrogens (tertiary/aromatic N) is 1. The van der Waals surface area contributed by atoms with Crippen molar-refractivity contribution in [3.8, 4) is 0 Å². The third kappa shape index (κ3) is 2.16. The number of nitrogens with one attached hydrogen (secondary N) is 1. The van der Waals surface area contributed by atoms with Crippen molar-refractivity contribution in [3.63, 3.8) is 0 Å². The van der Waals surface area contributed by atoms with E-state index in [1.807, 2.05) is 25.2 Å². The molecule has 0 radical (unpaired) electrons. The van der Waals surface area contributed by atoms with Crippen LogP contribution < -0.4 is 5.32 Å². The summed E-state index contributed by atoms with van der Waals surface area (Å²) < 4.78 is 0. The molecule has 1 amide bonds. The normalized spacial score (nSPS) is 14.2. The molecule has 2 N–H and O–H groups in total. The van der Waals surface area contributed by atoms with E-state index in [0.717, 1.165) is 16.8 Å². The van der Waals surface area contributed by atoms with Crippen molar-refractivity contribution in [1.29, 1.82) is 0 Å². The molecule has 0 aliphatic carbocycles. The molecule has 80 valence electrons. The topological polar surface area (TPSA) is 52.6 Å². The SMILES string of the molecule is CN(CO)Cc1ccc2c(c1)CC(=O)N2.